The molecule has 7 heteroatoms. The smallest absolute Gasteiger partial charge is 0.133 e. The van der Waals surface area contributed by atoms with E-state index < -0.39 is 17.7 Å². The van der Waals surface area contributed by atoms with Crippen molar-refractivity contribution in [3.63, 3.8) is 0 Å². The molecule has 0 bridgehead atoms. The van der Waals surface area contributed by atoms with Crippen molar-refractivity contribution in [2.75, 3.05) is 13.7 Å². The highest BCUT2D eigenvalue weighted by Gasteiger charge is 2.36. The summed E-state index contributed by atoms with van der Waals surface area (Å²) in [5.74, 6) is -0.689. The largest absolute Gasteiger partial charge is 0.379 e. The fourth-order valence-electron chi connectivity index (χ4n) is 3.84. The van der Waals surface area contributed by atoms with Crippen molar-refractivity contribution < 1.29 is 23.0 Å². The standard InChI is InChI=1S/C23H24F2N2O3/c1-15-26-9-10-27(15)17-12-19(24)18(20(25)13-17)14-30-23-21(28-2)8-11-29-22(23)16-6-4-3-5-7-16/h3-7,9-10,12-13,21-23H,8,11,14H2,1-2H3. The Labute approximate surface area is 174 Å². The lowest BCUT2D eigenvalue weighted by Gasteiger charge is -2.37. The van der Waals surface area contributed by atoms with Gasteiger partial charge in [-0.25, -0.2) is 13.8 Å². The van der Waals surface area contributed by atoms with E-state index in [1.807, 2.05) is 30.3 Å². The molecule has 1 aromatic heterocycles. The first kappa shape index (κ1) is 20.7. The minimum atomic E-state index is -0.667. The Bertz CT molecular complexity index is 970. The van der Waals surface area contributed by atoms with Crippen LogP contribution >= 0.6 is 0 Å². The zero-order valence-corrected chi connectivity index (χ0v) is 16.9. The lowest BCUT2D eigenvalue weighted by molar-refractivity contribution is -0.176. The summed E-state index contributed by atoms with van der Waals surface area (Å²) >= 11 is 0. The normalized spacial score (nSPS) is 21.7. The third-order valence-corrected chi connectivity index (χ3v) is 5.45. The van der Waals surface area contributed by atoms with Gasteiger partial charge in [-0.3, -0.25) is 0 Å². The number of hydrogen-bond donors (Lipinski definition) is 0. The molecule has 0 amide bonds. The van der Waals surface area contributed by atoms with Crippen LogP contribution in [0.5, 0.6) is 0 Å². The van der Waals surface area contributed by atoms with E-state index in [2.05, 4.69) is 4.98 Å². The third-order valence-electron chi connectivity index (χ3n) is 5.45. The SMILES string of the molecule is COC1CCOC(c2ccccc2)C1OCc1c(F)cc(-n2ccnc2C)cc1F. The maximum atomic E-state index is 14.8. The minimum Gasteiger partial charge on any atom is -0.379 e. The van der Waals surface area contributed by atoms with Gasteiger partial charge in [-0.2, -0.15) is 0 Å². The molecule has 1 fully saturated rings. The van der Waals surface area contributed by atoms with Gasteiger partial charge in [0.1, 0.15) is 29.7 Å². The van der Waals surface area contributed by atoms with E-state index in [1.54, 1.807) is 31.0 Å². The molecule has 2 aromatic carbocycles. The summed E-state index contributed by atoms with van der Waals surface area (Å²) in [6.45, 7) is 2.07. The van der Waals surface area contributed by atoms with Crippen LogP contribution in [-0.4, -0.2) is 35.5 Å². The van der Waals surface area contributed by atoms with E-state index in [0.29, 0.717) is 24.5 Å². The number of ether oxygens (including phenoxy) is 3. The monoisotopic (exact) mass is 414 g/mol. The van der Waals surface area contributed by atoms with Crippen LogP contribution in [0, 0.1) is 18.6 Å². The van der Waals surface area contributed by atoms with Gasteiger partial charge in [0.2, 0.25) is 0 Å². The van der Waals surface area contributed by atoms with Crippen LogP contribution < -0.4 is 0 Å². The molecule has 1 aliphatic rings. The van der Waals surface area contributed by atoms with Crippen LogP contribution in [-0.2, 0) is 20.8 Å². The molecule has 4 rings (SSSR count). The van der Waals surface area contributed by atoms with E-state index in [9.17, 15) is 8.78 Å². The first-order valence-corrected chi connectivity index (χ1v) is 9.87. The van der Waals surface area contributed by atoms with E-state index in [0.717, 1.165) is 5.56 Å². The number of nitrogens with zero attached hydrogens (tertiary/aromatic N) is 2. The highest BCUT2D eigenvalue weighted by atomic mass is 19.1. The van der Waals surface area contributed by atoms with Crippen molar-refractivity contribution in [1.29, 1.82) is 0 Å². The first-order valence-electron chi connectivity index (χ1n) is 9.87. The molecule has 30 heavy (non-hydrogen) atoms. The van der Waals surface area contributed by atoms with Crippen molar-refractivity contribution in [2.24, 2.45) is 0 Å². The highest BCUT2D eigenvalue weighted by Crippen LogP contribution is 2.33. The first-order chi connectivity index (χ1) is 14.6. The quantitative estimate of drug-likeness (QED) is 0.595. The number of halogens is 2. The summed E-state index contributed by atoms with van der Waals surface area (Å²) in [5, 5.41) is 0. The van der Waals surface area contributed by atoms with Crippen LogP contribution in [0.1, 0.15) is 29.5 Å². The molecule has 3 aromatic rings. The second-order valence-corrected chi connectivity index (χ2v) is 7.27. The molecule has 3 unspecified atom stereocenters. The Balaban J connectivity index is 1.56. The summed E-state index contributed by atoms with van der Waals surface area (Å²) in [7, 11) is 1.61. The molecule has 5 nitrogen and oxygen atoms in total. The molecule has 0 N–H and O–H groups in total. The number of hydrogen-bond acceptors (Lipinski definition) is 4. The molecule has 1 aliphatic heterocycles. The Kier molecular flexibility index (Phi) is 6.22. The van der Waals surface area contributed by atoms with Gasteiger partial charge < -0.3 is 18.8 Å². The van der Waals surface area contributed by atoms with Gasteiger partial charge in [-0.15, -0.1) is 0 Å². The number of methoxy groups -OCH3 is 1. The van der Waals surface area contributed by atoms with Gasteiger partial charge in [0, 0.05) is 25.1 Å². The Morgan fingerprint density at radius 1 is 1.17 bits per heavy atom. The topological polar surface area (TPSA) is 45.5 Å². The zero-order chi connectivity index (χ0) is 21.1. The number of benzene rings is 2. The van der Waals surface area contributed by atoms with Crippen molar-refractivity contribution in [1.82, 2.24) is 9.55 Å². The predicted molar refractivity (Wildman–Crippen MR) is 107 cm³/mol. The van der Waals surface area contributed by atoms with E-state index in [1.165, 1.54) is 12.1 Å². The average molecular weight is 414 g/mol. The van der Waals surface area contributed by atoms with Crippen molar-refractivity contribution in [3.05, 3.63) is 83.4 Å². The molecule has 0 saturated carbocycles. The average Bonchev–Trinajstić information content (AvgIpc) is 3.19. The third kappa shape index (κ3) is 4.14. The summed E-state index contributed by atoms with van der Waals surface area (Å²) in [6.07, 6.45) is 2.80. The van der Waals surface area contributed by atoms with E-state index >= 15 is 0 Å². The lowest BCUT2D eigenvalue weighted by Crippen LogP contribution is -2.42. The Hall–Kier alpha value is -2.61. The van der Waals surface area contributed by atoms with Crippen LogP contribution in [0.3, 0.4) is 0 Å². The maximum Gasteiger partial charge on any atom is 0.133 e. The summed E-state index contributed by atoms with van der Waals surface area (Å²) in [4.78, 5) is 4.09. The van der Waals surface area contributed by atoms with Crippen LogP contribution in [0.2, 0.25) is 0 Å². The maximum absolute atomic E-state index is 14.8. The minimum absolute atomic E-state index is 0.122. The van der Waals surface area contributed by atoms with Crippen LogP contribution in [0.25, 0.3) is 5.69 Å². The van der Waals surface area contributed by atoms with Crippen LogP contribution in [0.4, 0.5) is 8.78 Å². The van der Waals surface area contributed by atoms with Crippen molar-refractivity contribution in [2.45, 2.75) is 38.3 Å². The summed E-state index contributed by atoms with van der Waals surface area (Å²) < 4.78 is 48.7. The van der Waals surface area contributed by atoms with E-state index in [4.69, 9.17) is 14.2 Å². The molecular formula is C23H24F2N2O3. The van der Waals surface area contributed by atoms with Gasteiger partial charge in [-0.1, -0.05) is 30.3 Å². The van der Waals surface area contributed by atoms with Gasteiger partial charge in [0.25, 0.3) is 0 Å². The van der Waals surface area contributed by atoms with Gasteiger partial charge in [-0.05, 0) is 31.0 Å². The van der Waals surface area contributed by atoms with Gasteiger partial charge >= 0.3 is 0 Å². The molecule has 0 aliphatic carbocycles. The highest BCUT2D eigenvalue weighted by molar-refractivity contribution is 5.38. The van der Waals surface area contributed by atoms with Crippen LogP contribution in [0.15, 0.2) is 54.9 Å². The molecule has 0 radical (unpaired) electrons. The molecule has 2 heterocycles. The fraction of sp³-hybridized carbons (Fsp3) is 0.348. The molecular weight excluding hydrogens is 390 g/mol. The second kappa shape index (κ2) is 9.04. The van der Waals surface area contributed by atoms with Crippen molar-refractivity contribution in [3.8, 4) is 5.69 Å². The Morgan fingerprint density at radius 2 is 1.90 bits per heavy atom. The molecule has 158 valence electrons. The number of aryl methyl sites for hydroxylation is 1. The summed E-state index contributed by atoms with van der Waals surface area (Å²) in [5.41, 5.74) is 1.20. The summed E-state index contributed by atoms with van der Waals surface area (Å²) in [6, 6.07) is 12.2. The molecule has 1 saturated heterocycles. The zero-order valence-electron chi connectivity index (χ0n) is 16.9. The predicted octanol–water partition coefficient (Wildman–Crippen LogP) is 4.52. The number of rotatable bonds is 6. The van der Waals surface area contributed by atoms with Gasteiger partial charge in [0.15, 0.2) is 0 Å². The second-order valence-electron chi connectivity index (χ2n) is 7.27. The number of aromatic nitrogens is 2. The molecule has 0 spiro atoms. The van der Waals surface area contributed by atoms with Crippen molar-refractivity contribution >= 4 is 0 Å². The number of imidazole rings is 1. The van der Waals surface area contributed by atoms with E-state index in [-0.39, 0.29) is 24.4 Å². The van der Waals surface area contributed by atoms with Gasteiger partial charge in [0.05, 0.1) is 25.0 Å². The Morgan fingerprint density at radius 3 is 2.53 bits per heavy atom. The fourth-order valence-corrected chi connectivity index (χ4v) is 3.84. The molecule has 3 atom stereocenters. The lowest BCUT2D eigenvalue weighted by atomic mass is 9.96.